The van der Waals surface area contributed by atoms with E-state index in [-0.39, 0.29) is 5.91 Å². The molecule has 1 aliphatic carbocycles. The molecule has 2 rings (SSSR count). The largest absolute Gasteiger partial charge is 0.398 e. The Kier molecular flexibility index (Phi) is 3.19. The lowest BCUT2D eigenvalue weighted by Gasteiger charge is -2.21. The van der Waals surface area contributed by atoms with Gasteiger partial charge in [-0.1, -0.05) is 6.07 Å². The van der Waals surface area contributed by atoms with Crippen molar-refractivity contribution in [3.63, 3.8) is 0 Å². The van der Waals surface area contributed by atoms with E-state index in [0.717, 1.165) is 19.4 Å². The first-order valence-corrected chi connectivity index (χ1v) is 6.29. The molecule has 0 heterocycles. The van der Waals surface area contributed by atoms with E-state index in [1.54, 1.807) is 6.07 Å². The van der Waals surface area contributed by atoms with Crippen LogP contribution in [0.4, 0.5) is 5.69 Å². The zero-order valence-corrected chi connectivity index (χ0v) is 10.8. The Hall–Kier alpha value is -1.03. The lowest BCUT2D eigenvalue weighted by atomic mass is 10.1. The van der Waals surface area contributed by atoms with Crippen LogP contribution in [0.15, 0.2) is 22.7 Å². The zero-order chi connectivity index (χ0) is 11.7. The number of nitrogens with zero attached hydrogens (tertiary/aromatic N) is 1. The van der Waals surface area contributed by atoms with Crippen LogP contribution in [-0.4, -0.2) is 23.4 Å². The first-order chi connectivity index (χ1) is 7.65. The maximum absolute atomic E-state index is 12.3. The summed E-state index contributed by atoms with van der Waals surface area (Å²) in [6.45, 7) is 2.77. The van der Waals surface area contributed by atoms with Crippen molar-refractivity contribution in [1.29, 1.82) is 0 Å². The summed E-state index contributed by atoms with van der Waals surface area (Å²) in [6, 6.07) is 5.85. The second kappa shape index (κ2) is 4.45. The highest BCUT2D eigenvalue weighted by molar-refractivity contribution is 9.10. The van der Waals surface area contributed by atoms with E-state index in [1.807, 2.05) is 24.0 Å². The summed E-state index contributed by atoms with van der Waals surface area (Å²) in [4.78, 5) is 14.2. The predicted molar refractivity (Wildman–Crippen MR) is 68.3 cm³/mol. The van der Waals surface area contributed by atoms with E-state index in [9.17, 15) is 4.79 Å². The molecule has 4 heteroatoms. The Labute approximate surface area is 104 Å². The highest BCUT2D eigenvalue weighted by atomic mass is 79.9. The van der Waals surface area contributed by atoms with Crippen LogP contribution < -0.4 is 5.73 Å². The molecule has 16 heavy (non-hydrogen) atoms. The molecule has 1 aliphatic rings. The number of hydrogen-bond donors (Lipinski definition) is 1. The van der Waals surface area contributed by atoms with Gasteiger partial charge in [-0.2, -0.15) is 0 Å². The van der Waals surface area contributed by atoms with E-state index in [4.69, 9.17) is 5.73 Å². The molecule has 2 N–H and O–H groups in total. The molecule has 1 saturated carbocycles. The first kappa shape index (κ1) is 11.5. The molecule has 1 fully saturated rings. The molecule has 0 radical (unpaired) electrons. The minimum absolute atomic E-state index is 0.0733. The van der Waals surface area contributed by atoms with Gasteiger partial charge in [0.1, 0.15) is 0 Å². The highest BCUT2D eigenvalue weighted by Crippen LogP contribution is 2.31. The average molecular weight is 283 g/mol. The van der Waals surface area contributed by atoms with Crippen molar-refractivity contribution in [3.8, 4) is 0 Å². The van der Waals surface area contributed by atoms with Crippen LogP contribution in [0.5, 0.6) is 0 Å². The number of rotatable bonds is 3. The molecule has 1 aromatic carbocycles. The lowest BCUT2D eigenvalue weighted by molar-refractivity contribution is 0.0751. The third kappa shape index (κ3) is 2.07. The molecule has 1 aromatic rings. The third-order valence-corrected chi connectivity index (χ3v) is 3.73. The predicted octanol–water partition coefficient (Wildman–Crippen LogP) is 2.66. The van der Waals surface area contributed by atoms with Crippen molar-refractivity contribution in [3.05, 3.63) is 28.2 Å². The van der Waals surface area contributed by atoms with Crippen LogP contribution in [0.3, 0.4) is 0 Å². The summed E-state index contributed by atoms with van der Waals surface area (Å²) < 4.78 is 0.708. The van der Waals surface area contributed by atoms with Gasteiger partial charge < -0.3 is 10.6 Å². The number of nitrogen functional groups attached to an aromatic ring is 1. The van der Waals surface area contributed by atoms with Gasteiger partial charge in [-0.05, 0) is 47.8 Å². The average Bonchev–Trinajstić information content (AvgIpc) is 3.07. The number of hydrogen-bond acceptors (Lipinski definition) is 2. The van der Waals surface area contributed by atoms with Crippen LogP contribution in [0, 0.1) is 0 Å². The molecule has 1 amide bonds. The van der Waals surface area contributed by atoms with Crippen LogP contribution in [-0.2, 0) is 0 Å². The number of anilines is 1. The maximum atomic E-state index is 12.3. The Morgan fingerprint density at radius 1 is 1.56 bits per heavy atom. The molecule has 0 spiro atoms. The second-order valence-corrected chi connectivity index (χ2v) is 4.82. The number of nitrogens with two attached hydrogens (primary N) is 1. The smallest absolute Gasteiger partial charge is 0.255 e. The van der Waals surface area contributed by atoms with E-state index < -0.39 is 0 Å². The van der Waals surface area contributed by atoms with Crippen LogP contribution in [0.2, 0.25) is 0 Å². The first-order valence-electron chi connectivity index (χ1n) is 5.50. The van der Waals surface area contributed by atoms with Crippen molar-refractivity contribution < 1.29 is 4.79 Å². The van der Waals surface area contributed by atoms with Gasteiger partial charge in [-0.25, -0.2) is 0 Å². The SMILES string of the molecule is CCN(C(=O)c1cccc(N)c1Br)C1CC1. The Bertz CT molecular complexity index is 415. The summed E-state index contributed by atoms with van der Waals surface area (Å²) >= 11 is 3.38. The molecule has 86 valence electrons. The Balaban J connectivity index is 2.28. The lowest BCUT2D eigenvalue weighted by Crippen LogP contribution is -2.33. The van der Waals surface area contributed by atoms with Crippen molar-refractivity contribution >= 4 is 27.5 Å². The maximum Gasteiger partial charge on any atom is 0.255 e. The van der Waals surface area contributed by atoms with Crippen molar-refractivity contribution in [2.75, 3.05) is 12.3 Å². The number of carbonyl (C=O) groups is 1. The van der Waals surface area contributed by atoms with Gasteiger partial charge in [0, 0.05) is 18.3 Å². The molecule has 0 aromatic heterocycles. The monoisotopic (exact) mass is 282 g/mol. The molecule has 0 bridgehead atoms. The molecule has 0 atom stereocenters. The zero-order valence-electron chi connectivity index (χ0n) is 9.24. The number of carbonyl (C=O) groups excluding carboxylic acids is 1. The van der Waals surface area contributed by atoms with E-state index in [0.29, 0.717) is 21.8 Å². The van der Waals surface area contributed by atoms with E-state index >= 15 is 0 Å². The molecule has 0 aliphatic heterocycles. The Morgan fingerprint density at radius 3 is 2.81 bits per heavy atom. The highest BCUT2D eigenvalue weighted by Gasteiger charge is 2.32. The fraction of sp³-hybridized carbons (Fsp3) is 0.417. The van der Waals surface area contributed by atoms with Crippen molar-refractivity contribution in [2.45, 2.75) is 25.8 Å². The van der Waals surface area contributed by atoms with Gasteiger partial charge in [0.15, 0.2) is 0 Å². The van der Waals surface area contributed by atoms with Gasteiger partial charge in [0.05, 0.1) is 10.0 Å². The fourth-order valence-corrected chi connectivity index (χ4v) is 2.26. The molecule has 0 saturated heterocycles. The normalized spacial score (nSPS) is 14.9. The molecular weight excluding hydrogens is 268 g/mol. The van der Waals surface area contributed by atoms with E-state index in [1.165, 1.54) is 0 Å². The quantitative estimate of drug-likeness (QED) is 0.867. The van der Waals surface area contributed by atoms with Gasteiger partial charge in [-0.3, -0.25) is 4.79 Å². The standard InChI is InChI=1S/C12H15BrN2O/c1-2-15(8-6-7-8)12(16)9-4-3-5-10(14)11(9)13/h3-5,8H,2,6-7,14H2,1H3. The summed E-state index contributed by atoms with van der Waals surface area (Å²) in [7, 11) is 0. The van der Waals surface area contributed by atoms with Gasteiger partial charge >= 0.3 is 0 Å². The molecule has 0 unspecified atom stereocenters. The van der Waals surface area contributed by atoms with Crippen LogP contribution in [0.25, 0.3) is 0 Å². The van der Waals surface area contributed by atoms with Gasteiger partial charge in [0.2, 0.25) is 0 Å². The summed E-state index contributed by atoms with van der Waals surface area (Å²) in [5, 5.41) is 0. The van der Waals surface area contributed by atoms with Gasteiger partial charge in [0.25, 0.3) is 5.91 Å². The van der Waals surface area contributed by atoms with Crippen molar-refractivity contribution in [1.82, 2.24) is 4.90 Å². The summed E-state index contributed by atoms with van der Waals surface area (Å²) in [5.74, 6) is 0.0733. The third-order valence-electron chi connectivity index (χ3n) is 2.85. The van der Waals surface area contributed by atoms with Crippen LogP contribution in [0.1, 0.15) is 30.1 Å². The second-order valence-electron chi connectivity index (χ2n) is 4.03. The number of benzene rings is 1. The molecule has 3 nitrogen and oxygen atoms in total. The topological polar surface area (TPSA) is 46.3 Å². The fourth-order valence-electron chi connectivity index (χ4n) is 1.82. The van der Waals surface area contributed by atoms with Crippen molar-refractivity contribution in [2.24, 2.45) is 0 Å². The minimum Gasteiger partial charge on any atom is -0.398 e. The number of amides is 1. The van der Waals surface area contributed by atoms with Crippen LogP contribution >= 0.6 is 15.9 Å². The minimum atomic E-state index is 0.0733. The Morgan fingerprint density at radius 2 is 2.25 bits per heavy atom. The number of halogens is 1. The summed E-state index contributed by atoms with van der Waals surface area (Å²) in [5.41, 5.74) is 7.04. The van der Waals surface area contributed by atoms with E-state index in [2.05, 4.69) is 15.9 Å². The van der Waals surface area contributed by atoms with Gasteiger partial charge in [-0.15, -0.1) is 0 Å². The molecular formula is C12H15BrN2O. The summed E-state index contributed by atoms with van der Waals surface area (Å²) in [6.07, 6.45) is 2.25.